The summed E-state index contributed by atoms with van der Waals surface area (Å²) in [5, 5.41) is 9.70. The Morgan fingerprint density at radius 3 is 2.37 bits per heavy atom. The maximum absolute atomic E-state index is 12.3. The van der Waals surface area contributed by atoms with Gasteiger partial charge in [-0.15, -0.1) is 0 Å². The quantitative estimate of drug-likeness (QED) is 0.796. The highest BCUT2D eigenvalue weighted by Gasteiger charge is 2.22. The molecule has 0 bridgehead atoms. The number of ether oxygens (including phenoxy) is 1. The van der Waals surface area contributed by atoms with Crippen LogP contribution in [-0.4, -0.2) is 54.7 Å². The lowest BCUT2D eigenvalue weighted by Crippen LogP contribution is -2.49. The monoisotopic (exact) mass is 388 g/mol. The van der Waals surface area contributed by atoms with Crippen LogP contribution in [0.2, 0.25) is 5.02 Å². The number of benzene rings is 2. The summed E-state index contributed by atoms with van der Waals surface area (Å²) < 4.78 is 5.12. The number of hydrogen-bond acceptors (Lipinski definition) is 5. The highest BCUT2D eigenvalue weighted by atomic mass is 35.5. The molecular weight excluding hydrogens is 368 g/mol. The van der Waals surface area contributed by atoms with Crippen molar-refractivity contribution in [2.75, 3.05) is 37.7 Å². The predicted molar refractivity (Wildman–Crippen MR) is 103 cm³/mol. The first-order valence-electron chi connectivity index (χ1n) is 8.72. The summed E-state index contributed by atoms with van der Waals surface area (Å²) in [5.74, 6) is -0.758. The van der Waals surface area contributed by atoms with Gasteiger partial charge in [-0.3, -0.25) is 4.79 Å². The van der Waals surface area contributed by atoms with Crippen LogP contribution in [0.25, 0.3) is 0 Å². The maximum Gasteiger partial charge on any atom is 0.338 e. The number of carbonyl (C=O) groups excluding carboxylic acids is 2. The normalized spacial score (nSPS) is 14.1. The number of hydrogen-bond donors (Lipinski definition) is 1. The van der Waals surface area contributed by atoms with Gasteiger partial charge in [0.1, 0.15) is 0 Å². The average molecular weight is 389 g/mol. The molecule has 0 aliphatic carbocycles. The number of rotatable bonds is 5. The van der Waals surface area contributed by atoms with Crippen LogP contribution < -0.4 is 4.90 Å². The standard InChI is InChI=1S/C20H21ClN2O4/c21-17-2-1-3-18(12-17)22-8-10-23(11-9-22)19(25)14-27-20(26)16-6-4-15(13-24)5-7-16/h1-7,12,24H,8-11,13-14H2. The van der Waals surface area contributed by atoms with E-state index in [9.17, 15) is 9.59 Å². The van der Waals surface area contributed by atoms with Crippen LogP contribution >= 0.6 is 11.6 Å². The minimum absolute atomic E-state index is 0.0883. The minimum atomic E-state index is -0.551. The number of piperazine rings is 1. The Morgan fingerprint density at radius 1 is 1.04 bits per heavy atom. The van der Waals surface area contributed by atoms with E-state index < -0.39 is 5.97 Å². The van der Waals surface area contributed by atoms with Gasteiger partial charge >= 0.3 is 5.97 Å². The molecular formula is C20H21ClN2O4. The van der Waals surface area contributed by atoms with E-state index in [0.717, 1.165) is 5.69 Å². The number of aliphatic hydroxyl groups is 1. The molecule has 0 aromatic heterocycles. The van der Waals surface area contributed by atoms with E-state index in [2.05, 4.69) is 4.90 Å². The maximum atomic E-state index is 12.3. The second-order valence-electron chi connectivity index (χ2n) is 6.28. The van der Waals surface area contributed by atoms with Crippen LogP contribution in [0.4, 0.5) is 5.69 Å². The fraction of sp³-hybridized carbons (Fsp3) is 0.300. The van der Waals surface area contributed by atoms with Gasteiger partial charge in [0, 0.05) is 36.9 Å². The van der Waals surface area contributed by atoms with Gasteiger partial charge in [0.25, 0.3) is 5.91 Å². The Labute approximate surface area is 162 Å². The first kappa shape index (κ1) is 19.2. The summed E-state index contributed by atoms with van der Waals surface area (Å²) in [7, 11) is 0. The van der Waals surface area contributed by atoms with Crippen LogP contribution in [0.3, 0.4) is 0 Å². The SMILES string of the molecule is O=C(OCC(=O)N1CCN(c2cccc(Cl)c2)CC1)c1ccc(CO)cc1. The first-order valence-corrected chi connectivity index (χ1v) is 9.10. The second kappa shape index (κ2) is 8.88. The first-order chi connectivity index (χ1) is 13.1. The summed E-state index contributed by atoms with van der Waals surface area (Å²) in [6.45, 7) is 2.15. The molecule has 7 heteroatoms. The van der Waals surface area contributed by atoms with Crippen LogP contribution in [-0.2, 0) is 16.1 Å². The molecule has 1 aliphatic heterocycles. The molecule has 1 saturated heterocycles. The summed E-state index contributed by atoms with van der Waals surface area (Å²) in [5.41, 5.74) is 2.10. The highest BCUT2D eigenvalue weighted by molar-refractivity contribution is 6.30. The zero-order chi connectivity index (χ0) is 19.2. The summed E-state index contributed by atoms with van der Waals surface area (Å²) in [6.07, 6.45) is 0. The Bertz CT molecular complexity index is 802. The van der Waals surface area contributed by atoms with Gasteiger partial charge in [-0.1, -0.05) is 29.8 Å². The third kappa shape index (κ3) is 4.99. The van der Waals surface area contributed by atoms with Gasteiger partial charge in [0.05, 0.1) is 12.2 Å². The zero-order valence-electron chi connectivity index (χ0n) is 14.8. The molecule has 0 atom stereocenters. The number of halogens is 1. The predicted octanol–water partition coefficient (Wildman–Crippen LogP) is 2.34. The van der Waals surface area contributed by atoms with Crippen molar-refractivity contribution in [3.8, 4) is 0 Å². The molecule has 2 aromatic rings. The fourth-order valence-corrected chi connectivity index (χ4v) is 3.12. The molecule has 0 unspecified atom stereocenters. The highest BCUT2D eigenvalue weighted by Crippen LogP contribution is 2.20. The smallest absolute Gasteiger partial charge is 0.338 e. The molecule has 0 spiro atoms. The summed E-state index contributed by atoms with van der Waals surface area (Å²) >= 11 is 6.03. The Balaban J connectivity index is 1.47. The largest absolute Gasteiger partial charge is 0.452 e. The van der Waals surface area contributed by atoms with Crippen molar-refractivity contribution < 1.29 is 19.4 Å². The van der Waals surface area contributed by atoms with Crippen molar-refractivity contribution in [2.24, 2.45) is 0 Å². The summed E-state index contributed by atoms with van der Waals surface area (Å²) in [4.78, 5) is 28.2. The van der Waals surface area contributed by atoms with Crippen LogP contribution in [0.1, 0.15) is 15.9 Å². The van der Waals surface area contributed by atoms with E-state index in [0.29, 0.717) is 42.3 Å². The van der Waals surface area contributed by atoms with Crippen LogP contribution in [0.5, 0.6) is 0 Å². The molecule has 1 amide bonds. The van der Waals surface area contributed by atoms with E-state index in [1.807, 2.05) is 24.3 Å². The molecule has 2 aromatic carbocycles. The van der Waals surface area contributed by atoms with Gasteiger partial charge in [-0.2, -0.15) is 0 Å². The molecule has 0 saturated carbocycles. The average Bonchev–Trinajstić information content (AvgIpc) is 2.72. The van der Waals surface area contributed by atoms with E-state index in [4.69, 9.17) is 21.4 Å². The Kier molecular flexibility index (Phi) is 6.32. The second-order valence-corrected chi connectivity index (χ2v) is 6.72. The Morgan fingerprint density at radius 2 is 1.74 bits per heavy atom. The van der Waals surface area contributed by atoms with Crippen molar-refractivity contribution in [1.82, 2.24) is 4.90 Å². The molecule has 6 nitrogen and oxygen atoms in total. The number of nitrogens with zero attached hydrogens (tertiary/aromatic N) is 2. The number of amides is 1. The molecule has 1 heterocycles. The van der Waals surface area contributed by atoms with Crippen molar-refractivity contribution >= 4 is 29.2 Å². The number of esters is 1. The van der Waals surface area contributed by atoms with Gasteiger partial charge in [-0.25, -0.2) is 4.79 Å². The van der Waals surface area contributed by atoms with Crippen molar-refractivity contribution in [1.29, 1.82) is 0 Å². The molecule has 0 radical (unpaired) electrons. The van der Waals surface area contributed by atoms with Gasteiger partial charge in [0.15, 0.2) is 6.61 Å². The van der Waals surface area contributed by atoms with E-state index in [1.54, 1.807) is 29.2 Å². The Hall–Kier alpha value is -2.57. The third-order valence-electron chi connectivity index (χ3n) is 4.50. The molecule has 3 rings (SSSR count). The van der Waals surface area contributed by atoms with E-state index in [1.165, 1.54) is 0 Å². The fourth-order valence-electron chi connectivity index (χ4n) is 2.94. The lowest BCUT2D eigenvalue weighted by molar-refractivity contribution is -0.134. The van der Waals surface area contributed by atoms with Gasteiger partial charge in [0.2, 0.25) is 0 Å². The molecule has 1 N–H and O–H groups in total. The van der Waals surface area contributed by atoms with E-state index >= 15 is 0 Å². The minimum Gasteiger partial charge on any atom is -0.452 e. The zero-order valence-corrected chi connectivity index (χ0v) is 15.6. The number of anilines is 1. The lowest BCUT2D eigenvalue weighted by atomic mass is 10.1. The summed E-state index contributed by atoms with van der Waals surface area (Å²) in [6, 6.07) is 14.1. The molecule has 1 fully saturated rings. The lowest BCUT2D eigenvalue weighted by Gasteiger charge is -2.36. The van der Waals surface area contributed by atoms with Crippen LogP contribution in [0, 0.1) is 0 Å². The topological polar surface area (TPSA) is 70.1 Å². The molecule has 27 heavy (non-hydrogen) atoms. The third-order valence-corrected chi connectivity index (χ3v) is 4.74. The van der Waals surface area contributed by atoms with E-state index in [-0.39, 0.29) is 19.1 Å². The number of aliphatic hydroxyl groups excluding tert-OH is 1. The van der Waals surface area contributed by atoms with Gasteiger partial charge < -0.3 is 19.6 Å². The van der Waals surface area contributed by atoms with Crippen molar-refractivity contribution in [3.63, 3.8) is 0 Å². The van der Waals surface area contributed by atoms with Gasteiger partial charge in [-0.05, 0) is 35.9 Å². The molecule has 1 aliphatic rings. The van der Waals surface area contributed by atoms with Crippen molar-refractivity contribution in [3.05, 3.63) is 64.7 Å². The van der Waals surface area contributed by atoms with Crippen molar-refractivity contribution in [2.45, 2.75) is 6.61 Å². The molecule has 142 valence electrons. The number of carbonyl (C=O) groups is 2. The van der Waals surface area contributed by atoms with Crippen LogP contribution in [0.15, 0.2) is 48.5 Å².